The van der Waals surface area contributed by atoms with Crippen molar-refractivity contribution in [2.24, 2.45) is 0 Å². The van der Waals surface area contributed by atoms with Gasteiger partial charge in [-0.3, -0.25) is 0 Å². The first-order chi connectivity index (χ1) is 9.28. The molecule has 5 heteroatoms. The smallest absolute Gasteiger partial charge is 0.186 e. The summed E-state index contributed by atoms with van der Waals surface area (Å²) in [5.74, 6) is 0. The minimum atomic E-state index is 0.914. The van der Waals surface area contributed by atoms with Gasteiger partial charge in [-0.2, -0.15) is 0 Å². The first kappa shape index (κ1) is 14.5. The zero-order chi connectivity index (χ0) is 13.7. The monoisotopic (exact) mass is 295 g/mol. The molecule has 0 aliphatic heterocycles. The van der Waals surface area contributed by atoms with Gasteiger partial charge in [-0.25, -0.2) is 4.98 Å². The maximum absolute atomic E-state index is 4.81. The van der Waals surface area contributed by atoms with Crippen LogP contribution in [0.2, 0.25) is 0 Å². The fourth-order valence-electron chi connectivity index (χ4n) is 1.99. The van der Waals surface area contributed by atoms with E-state index in [-0.39, 0.29) is 0 Å². The average molecular weight is 295 g/mol. The summed E-state index contributed by atoms with van der Waals surface area (Å²) >= 11 is 3.63. The van der Waals surface area contributed by atoms with Crippen molar-refractivity contribution in [3.05, 3.63) is 33.0 Å². The summed E-state index contributed by atoms with van der Waals surface area (Å²) in [7, 11) is 1.99. The lowest BCUT2D eigenvalue weighted by atomic mass is 10.3. The Balaban J connectivity index is 2.18. The van der Waals surface area contributed by atoms with Crippen molar-refractivity contribution < 1.29 is 0 Å². The van der Waals surface area contributed by atoms with E-state index in [9.17, 15) is 0 Å². The zero-order valence-electron chi connectivity index (χ0n) is 11.8. The van der Waals surface area contributed by atoms with Gasteiger partial charge < -0.3 is 10.2 Å². The number of hydrogen-bond donors (Lipinski definition) is 1. The van der Waals surface area contributed by atoms with E-state index in [1.807, 2.05) is 29.7 Å². The van der Waals surface area contributed by atoms with Crippen molar-refractivity contribution in [1.82, 2.24) is 10.3 Å². The van der Waals surface area contributed by atoms with Gasteiger partial charge in [0.05, 0.1) is 12.2 Å². The Bertz CT molecular complexity index is 491. The number of thiazole rings is 1. The third-order valence-electron chi connectivity index (χ3n) is 3.02. The van der Waals surface area contributed by atoms with E-state index < -0.39 is 0 Å². The Morgan fingerprint density at radius 2 is 2.21 bits per heavy atom. The van der Waals surface area contributed by atoms with Crippen LogP contribution >= 0.6 is 22.7 Å². The highest BCUT2D eigenvalue weighted by molar-refractivity contribution is 7.15. The summed E-state index contributed by atoms with van der Waals surface area (Å²) in [6.07, 6.45) is 1.00. The molecule has 0 saturated carbocycles. The van der Waals surface area contributed by atoms with Crippen molar-refractivity contribution in [1.29, 1.82) is 0 Å². The van der Waals surface area contributed by atoms with Crippen LogP contribution in [0.5, 0.6) is 0 Å². The Morgan fingerprint density at radius 1 is 1.37 bits per heavy atom. The second-order valence-corrected chi connectivity index (χ2v) is 6.44. The Kier molecular flexibility index (Phi) is 5.36. The van der Waals surface area contributed by atoms with Crippen molar-refractivity contribution in [2.75, 3.05) is 18.5 Å². The molecule has 3 nitrogen and oxygen atoms in total. The summed E-state index contributed by atoms with van der Waals surface area (Å²) in [5, 5.41) is 6.51. The van der Waals surface area contributed by atoms with Crippen LogP contribution in [-0.4, -0.2) is 18.6 Å². The van der Waals surface area contributed by atoms with Crippen LogP contribution < -0.4 is 10.2 Å². The van der Waals surface area contributed by atoms with E-state index >= 15 is 0 Å². The van der Waals surface area contributed by atoms with E-state index in [4.69, 9.17) is 4.98 Å². The van der Waals surface area contributed by atoms with Gasteiger partial charge in [-0.1, -0.05) is 13.0 Å². The SMILES string of the molecule is CCc1nc(N(CC)Cc2cccs2)sc1CNC. The first-order valence-corrected chi connectivity index (χ1v) is 8.38. The highest BCUT2D eigenvalue weighted by Crippen LogP contribution is 2.28. The van der Waals surface area contributed by atoms with Crippen molar-refractivity contribution >= 4 is 27.8 Å². The maximum Gasteiger partial charge on any atom is 0.186 e. The number of aryl methyl sites for hydroxylation is 1. The average Bonchev–Trinajstić information content (AvgIpc) is 3.05. The van der Waals surface area contributed by atoms with Crippen LogP contribution in [0.15, 0.2) is 17.5 Å². The summed E-state index contributed by atoms with van der Waals surface area (Å²) in [6, 6.07) is 4.30. The lowest BCUT2D eigenvalue weighted by molar-refractivity contribution is 0.809. The summed E-state index contributed by atoms with van der Waals surface area (Å²) < 4.78 is 0. The summed E-state index contributed by atoms with van der Waals surface area (Å²) in [4.78, 5) is 9.92. The van der Waals surface area contributed by atoms with E-state index in [1.54, 1.807) is 0 Å². The molecule has 0 aromatic carbocycles. The zero-order valence-corrected chi connectivity index (χ0v) is 13.4. The van der Waals surface area contributed by atoms with Crippen molar-refractivity contribution in [3.63, 3.8) is 0 Å². The molecule has 0 radical (unpaired) electrons. The Morgan fingerprint density at radius 3 is 2.79 bits per heavy atom. The van der Waals surface area contributed by atoms with Gasteiger partial charge in [0.25, 0.3) is 0 Å². The largest absolute Gasteiger partial charge is 0.343 e. The lowest BCUT2D eigenvalue weighted by Gasteiger charge is -2.18. The molecule has 2 aromatic rings. The van der Waals surface area contributed by atoms with Crippen LogP contribution in [0.4, 0.5) is 5.13 Å². The minimum Gasteiger partial charge on any atom is -0.343 e. The molecule has 0 unspecified atom stereocenters. The van der Waals surface area contributed by atoms with Gasteiger partial charge in [0.1, 0.15) is 0 Å². The molecule has 0 spiro atoms. The number of anilines is 1. The first-order valence-electron chi connectivity index (χ1n) is 6.69. The highest BCUT2D eigenvalue weighted by atomic mass is 32.1. The van der Waals surface area contributed by atoms with E-state index in [0.29, 0.717) is 0 Å². The van der Waals surface area contributed by atoms with Gasteiger partial charge in [0, 0.05) is 22.8 Å². The van der Waals surface area contributed by atoms with E-state index in [1.165, 1.54) is 15.4 Å². The maximum atomic E-state index is 4.81. The van der Waals surface area contributed by atoms with Crippen molar-refractivity contribution in [3.8, 4) is 0 Å². The van der Waals surface area contributed by atoms with Gasteiger partial charge in [-0.15, -0.1) is 22.7 Å². The van der Waals surface area contributed by atoms with Crippen LogP contribution in [0, 0.1) is 0 Å². The summed E-state index contributed by atoms with van der Waals surface area (Å²) in [5.41, 5.74) is 1.24. The molecule has 0 aliphatic rings. The predicted octanol–water partition coefficient (Wildman–Crippen LogP) is 3.51. The molecule has 2 aromatic heterocycles. The molecule has 0 atom stereocenters. The number of rotatable bonds is 7. The second-order valence-electron chi connectivity index (χ2n) is 4.34. The predicted molar refractivity (Wildman–Crippen MR) is 85.3 cm³/mol. The minimum absolute atomic E-state index is 0.914. The normalized spacial score (nSPS) is 10.9. The van der Waals surface area contributed by atoms with Gasteiger partial charge in [0.15, 0.2) is 5.13 Å². The van der Waals surface area contributed by atoms with Crippen LogP contribution in [-0.2, 0) is 19.5 Å². The van der Waals surface area contributed by atoms with Gasteiger partial charge in [-0.05, 0) is 31.8 Å². The van der Waals surface area contributed by atoms with Crippen molar-refractivity contribution in [2.45, 2.75) is 33.4 Å². The van der Waals surface area contributed by atoms with Crippen LogP contribution in [0.3, 0.4) is 0 Å². The number of nitrogens with one attached hydrogen (secondary N) is 1. The highest BCUT2D eigenvalue weighted by Gasteiger charge is 2.14. The number of thiophene rings is 1. The molecular formula is C14H21N3S2. The quantitative estimate of drug-likeness (QED) is 0.847. The van der Waals surface area contributed by atoms with E-state index in [0.717, 1.165) is 31.2 Å². The molecular weight excluding hydrogens is 274 g/mol. The molecule has 2 rings (SSSR count). The molecule has 0 amide bonds. The van der Waals surface area contributed by atoms with Crippen LogP contribution in [0.25, 0.3) is 0 Å². The topological polar surface area (TPSA) is 28.2 Å². The molecule has 1 N–H and O–H groups in total. The Hall–Kier alpha value is -0.910. The fraction of sp³-hybridized carbons (Fsp3) is 0.500. The third kappa shape index (κ3) is 3.55. The molecule has 19 heavy (non-hydrogen) atoms. The number of aromatic nitrogens is 1. The number of hydrogen-bond acceptors (Lipinski definition) is 5. The van der Waals surface area contributed by atoms with Gasteiger partial charge >= 0.3 is 0 Å². The molecule has 104 valence electrons. The standard InChI is InChI=1S/C14H21N3S2/c1-4-12-13(9-15-3)19-14(16-12)17(5-2)10-11-7-6-8-18-11/h6-8,15H,4-5,9-10H2,1-3H3. The van der Waals surface area contributed by atoms with Gasteiger partial charge in [0.2, 0.25) is 0 Å². The molecule has 0 aliphatic carbocycles. The molecule has 0 fully saturated rings. The molecule has 2 heterocycles. The third-order valence-corrected chi connectivity index (χ3v) is 5.04. The van der Waals surface area contributed by atoms with Crippen LogP contribution in [0.1, 0.15) is 29.3 Å². The number of nitrogens with zero attached hydrogens (tertiary/aromatic N) is 2. The summed E-state index contributed by atoms with van der Waals surface area (Å²) in [6.45, 7) is 7.24. The van der Waals surface area contributed by atoms with E-state index in [2.05, 4.69) is 41.6 Å². The second kappa shape index (κ2) is 7.03. The molecule has 0 bridgehead atoms. The molecule has 0 saturated heterocycles. The fourth-order valence-corrected chi connectivity index (χ4v) is 3.93. The lowest BCUT2D eigenvalue weighted by Crippen LogP contribution is -2.21. The Labute approximate surface area is 123 Å².